The molecule has 3 rings (SSSR count). The Balaban J connectivity index is 1.81. The molecule has 2 N–H and O–H groups in total. The van der Waals surface area contributed by atoms with Gasteiger partial charge in [0.2, 0.25) is 5.91 Å². The normalized spacial score (nSPS) is 23.6. The third-order valence-electron chi connectivity index (χ3n) is 5.19. The van der Waals surface area contributed by atoms with Crippen molar-refractivity contribution in [3.05, 3.63) is 35.9 Å². The molecule has 1 amide bonds. The predicted molar refractivity (Wildman–Crippen MR) is 90.1 cm³/mol. The Morgan fingerprint density at radius 2 is 1.96 bits per heavy atom. The van der Waals surface area contributed by atoms with Crippen LogP contribution in [-0.4, -0.2) is 49.7 Å². The number of esters is 1. The fourth-order valence-electron chi connectivity index (χ4n) is 3.78. The first kappa shape index (κ1) is 16.9. The van der Waals surface area contributed by atoms with Gasteiger partial charge in [0.25, 0.3) is 0 Å². The Kier molecular flexibility index (Phi) is 5.16. The van der Waals surface area contributed by atoms with E-state index in [0.717, 1.165) is 37.9 Å². The van der Waals surface area contributed by atoms with Crippen molar-refractivity contribution in [1.29, 1.82) is 0 Å². The minimum Gasteiger partial charge on any atom is -0.468 e. The van der Waals surface area contributed by atoms with Crippen LogP contribution >= 0.6 is 0 Å². The summed E-state index contributed by atoms with van der Waals surface area (Å²) in [6.45, 7) is 2.29. The number of amides is 1. The van der Waals surface area contributed by atoms with Crippen molar-refractivity contribution in [1.82, 2.24) is 15.8 Å². The number of hydrogen-bond donors (Lipinski definition) is 2. The van der Waals surface area contributed by atoms with Crippen molar-refractivity contribution >= 4 is 11.9 Å². The molecule has 2 heterocycles. The Morgan fingerprint density at radius 3 is 2.62 bits per heavy atom. The number of rotatable bonds is 4. The van der Waals surface area contributed by atoms with E-state index >= 15 is 0 Å². The molecule has 24 heavy (non-hydrogen) atoms. The molecule has 0 saturated carbocycles. The lowest BCUT2D eigenvalue weighted by Gasteiger charge is -2.38. The van der Waals surface area contributed by atoms with E-state index in [4.69, 9.17) is 4.74 Å². The smallest absolute Gasteiger partial charge is 0.324 e. The van der Waals surface area contributed by atoms with Gasteiger partial charge in [0.05, 0.1) is 12.5 Å². The largest absolute Gasteiger partial charge is 0.468 e. The van der Waals surface area contributed by atoms with E-state index in [1.807, 2.05) is 30.3 Å². The van der Waals surface area contributed by atoms with Crippen LogP contribution in [0.1, 0.15) is 31.2 Å². The molecule has 1 unspecified atom stereocenters. The lowest BCUT2D eigenvalue weighted by molar-refractivity contribution is -0.148. The highest BCUT2D eigenvalue weighted by atomic mass is 16.5. The van der Waals surface area contributed by atoms with Crippen LogP contribution in [0, 0.1) is 0 Å². The maximum Gasteiger partial charge on any atom is 0.324 e. The number of hydrazine groups is 1. The van der Waals surface area contributed by atoms with Crippen LogP contribution < -0.4 is 10.7 Å². The number of piperidine rings is 1. The monoisotopic (exact) mass is 331 g/mol. The number of ether oxygens (including phenoxy) is 1. The maximum absolute atomic E-state index is 13.2. The molecule has 1 aromatic rings. The van der Waals surface area contributed by atoms with Crippen molar-refractivity contribution in [3.63, 3.8) is 0 Å². The Morgan fingerprint density at radius 1 is 1.25 bits per heavy atom. The first-order chi connectivity index (χ1) is 11.7. The van der Waals surface area contributed by atoms with Gasteiger partial charge in [-0.05, 0) is 44.3 Å². The lowest BCUT2D eigenvalue weighted by atomic mass is 9.72. The van der Waals surface area contributed by atoms with E-state index < -0.39 is 5.41 Å². The summed E-state index contributed by atoms with van der Waals surface area (Å²) in [7, 11) is 1.39. The number of hydrogen-bond acceptors (Lipinski definition) is 5. The Labute approximate surface area is 142 Å². The van der Waals surface area contributed by atoms with Crippen LogP contribution in [0.2, 0.25) is 0 Å². The Bertz CT molecular complexity index is 584. The number of nitrogens with zero attached hydrogens (tertiary/aromatic N) is 1. The molecule has 0 radical (unpaired) electrons. The second kappa shape index (κ2) is 7.32. The molecule has 0 aliphatic carbocycles. The number of carbonyl (C=O) groups is 2. The summed E-state index contributed by atoms with van der Waals surface area (Å²) in [6.07, 6.45) is 3.09. The third-order valence-corrected chi connectivity index (χ3v) is 5.19. The van der Waals surface area contributed by atoms with Crippen LogP contribution in [0.15, 0.2) is 30.3 Å². The lowest BCUT2D eigenvalue weighted by Crippen LogP contribution is -2.57. The van der Waals surface area contributed by atoms with Crippen molar-refractivity contribution in [2.24, 2.45) is 0 Å². The molecule has 0 bridgehead atoms. The SMILES string of the molecule is COC(=O)C1CCCN1NC(=O)C1(c2ccccc2)CCNCC1. The summed E-state index contributed by atoms with van der Waals surface area (Å²) in [5, 5.41) is 5.08. The molecule has 1 aromatic carbocycles. The van der Waals surface area contributed by atoms with Crippen LogP contribution in [0.5, 0.6) is 0 Å². The molecule has 6 heteroatoms. The van der Waals surface area contributed by atoms with Gasteiger partial charge in [0.15, 0.2) is 0 Å². The average Bonchev–Trinajstić information content (AvgIpc) is 3.10. The average molecular weight is 331 g/mol. The molecule has 0 aromatic heterocycles. The first-order valence-electron chi connectivity index (χ1n) is 8.59. The van der Waals surface area contributed by atoms with Crippen LogP contribution in [-0.2, 0) is 19.7 Å². The zero-order valence-corrected chi connectivity index (χ0v) is 14.1. The molecule has 2 fully saturated rings. The van der Waals surface area contributed by atoms with Crippen molar-refractivity contribution < 1.29 is 14.3 Å². The van der Waals surface area contributed by atoms with Gasteiger partial charge in [-0.25, -0.2) is 5.01 Å². The van der Waals surface area contributed by atoms with Crippen molar-refractivity contribution in [2.45, 2.75) is 37.1 Å². The minimum atomic E-state index is -0.546. The summed E-state index contributed by atoms with van der Waals surface area (Å²) < 4.78 is 4.86. The van der Waals surface area contributed by atoms with Gasteiger partial charge in [-0.2, -0.15) is 0 Å². The molecular weight excluding hydrogens is 306 g/mol. The van der Waals surface area contributed by atoms with E-state index in [1.165, 1.54) is 7.11 Å². The van der Waals surface area contributed by atoms with Gasteiger partial charge in [0.1, 0.15) is 6.04 Å². The van der Waals surface area contributed by atoms with Crippen LogP contribution in [0.25, 0.3) is 0 Å². The summed E-state index contributed by atoms with van der Waals surface area (Å²) in [5.41, 5.74) is 3.51. The van der Waals surface area contributed by atoms with E-state index in [0.29, 0.717) is 13.0 Å². The van der Waals surface area contributed by atoms with Crippen LogP contribution in [0.3, 0.4) is 0 Å². The Hall–Kier alpha value is -1.92. The van der Waals surface area contributed by atoms with E-state index in [9.17, 15) is 9.59 Å². The fourth-order valence-corrected chi connectivity index (χ4v) is 3.78. The number of methoxy groups -OCH3 is 1. The second-order valence-electron chi connectivity index (χ2n) is 6.51. The summed E-state index contributed by atoms with van der Waals surface area (Å²) >= 11 is 0. The molecule has 6 nitrogen and oxygen atoms in total. The second-order valence-corrected chi connectivity index (χ2v) is 6.51. The molecular formula is C18H25N3O3. The van der Waals surface area contributed by atoms with Gasteiger partial charge in [-0.3, -0.25) is 15.0 Å². The van der Waals surface area contributed by atoms with Gasteiger partial charge in [0, 0.05) is 6.54 Å². The predicted octanol–water partition coefficient (Wildman–Crippen LogP) is 0.976. The molecule has 0 spiro atoms. The molecule has 2 aliphatic rings. The zero-order valence-electron chi connectivity index (χ0n) is 14.1. The first-order valence-corrected chi connectivity index (χ1v) is 8.59. The number of carbonyl (C=O) groups excluding carboxylic acids is 2. The number of benzene rings is 1. The molecule has 2 saturated heterocycles. The highest BCUT2D eigenvalue weighted by Gasteiger charge is 2.43. The molecule has 130 valence electrons. The van der Waals surface area contributed by atoms with Gasteiger partial charge >= 0.3 is 5.97 Å². The van der Waals surface area contributed by atoms with E-state index in [2.05, 4.69) is 10.7 Å². The summed E-state index contributed by atoms with van der Waals surface area (Å²) in [5.74, 6) is -0.308. The highest BCUT2D eigenvalue weighted by molar-refractivity contribution is 5.88. The minimum absolute atomic E-state index is 0.0222. The van der Waals surface area contributed by atoms with E-state index in [1.54, 1.807) is 5.01 Å². The topological polar surface area (TPSA) is 70.7 Å². The number of nitrogens with one attached hydrogen (secondary N) is 2. The van der Waals surface area contributed by atoms with Crippen molar-refractivity contribution in [3.8, 4) is 0 Å². The standard InChI is InChI=1S/C18H25N3O3/c1-24-16(22)15-8-5-13-21(15)20-17(23)18(9-11-19-12-10-18)14-6-3-2-4-7-14/h2-4,6-7,15,19H,5,8-13H2,1H3,(H,20,23). The third kappa shape index (κ3) is 3.16. The van der Waals surface area contributed by atoms with Crippen molar-refractivity contribution in [2.75, 3.05) is 26.7 Å². The zero-order chi connectivity index (χ0) is 17.0. The van der Waals surface area contributed by atoms with E-state index in [-0.39, 0.29) is 17.9 Å². The molecule has 1 atom stereocenters. The maximum atomic E-state index is 13.2. The highest BCUT2D eigenvalue weighted by Crippen LogP contribution is 2.34. The van der Waals surface area contributed by atoms with Gasteiger partial charge in [-0.15, -0.1) is 0 Å². The quantitative estimate of drug-likeness (QED) is 0.805. The summed E-state index contributed by atoms with van der Waals surface area (Å²) in [4.78, 5) is 25.1. The molecule has 2 aliphatic heterocycles. The fraction of sp³-hybridized carbons (Fsp3) is 0.556. The van der Waals surface area contributed by atoms with Gasteiger partial charge < -0.3 is 10.1 Å². The summed E-state index contributed by atoms with van der Waals surface area (Å²) in [6, 6.07) is 9.57. The van der Waals surface area contributed by atoms with Gasteiger partial charge in [-0.1, -0.05) is 30.3 Å². The van der Waals surface area contributed by atoms with Crippen LogP contribution in [0.4, 0.5) is 0 Å².